The summed E-state index contributed by atoms with van der Waals surface area (Å²) in [5.41, 5.74) is 8.66. The van der Waals surface area contributed by atoms with Gasteiger partial charge < -0.3 is 4.74 Å². The largest absolute Gasteiger partial charge is 0.455 e. The first-order valence-electron chi connectivity index (χ1n) is 13.4. The Kier molecular flexibility index (Phi) is 4.20. The molecule has 6 aromatic rings. The molecule has 0 unspecified atom stereocenters. The Morgan fingerprint density at radius 2 is 1.05 bits per heavy atom. The van der Waals surface area contributed by atoms with Crippen LogP contribution in [0.15, 0.2) is 115 Å². The van der Waals surface area contributed by atoms with Gasteiger partial charge in [0.15, 0.2) is 0 Å². The van der Waals surface area contributed by atoms with Gasteiger partial charge in [-0.05, 0) is 44.0 Å². The molecule has 6 aromatic carbocycles. The predicted molar refractivity (Wildman–Crippen MR) is 158 cm³/mol. The van der Waals surface area contributed by atoms with Crippen LogP contribution in [0.25, 0.3) is 32.7 Å². The quantitative estimate of drug-likeness (QED) is 0.206. The van der Waals surface area contributed by atoms with Gasteiger partial charge in [-0.25, -0.2) is 0 Å². The van der Waals surface area contributed by atoms with Gasteiger partial charge in [0.25, 0.3) is 0 Å². The van der Waals surface area contributed by atoms with Crippen molar-refractivity contribution in [3.05, 3.63) is 143 Å². The standard InChI is InChI=1S/C37H28O/c1-36(2,3)25-18-19-29-28-14-8-9-15-30(28)37(33(29)22-25)31-20-16-23-10-4-6-12-26(23)34(31)38-35-27-13-7-5-11-24(27)17-21-32(35)37/h4-22H,1-3H3. The number of fused-ring (bicyclic) bond motifs is 13. The molecule has 0 atom stereocenters. The van der Waals surface area contributed by atoms with Crippen molar-refractivity contribution in [2.24, 2.45) is 0 Å². The third kappa shape index (κ3) is 2.66. The van der Waals surface area contributed by atoms with Crippen LogP contribution in [0, 0.1) is 0 Å². The van der Waals surface area contributed by atoms with Crippen molar-refractivity contribution in [1.29, 1.82) is 0 Å². The van der Waals surface area contributed by atoms with Gasteiger partial charge in [0, 0.05) is 21.9 Å². The SMILES string of the molecule is CC(C)(C)c1ccc2c(c1)C1(c3ccccc3-2)c2ccc3ccccc3c2Oc2c1ccc1ccccc21. The van der Waals surface area contributed by atoms with Crippen molar-refractivity contribution in [1.82, 2.24) is 0 Å². The second kappa shape index (κ2) is 7.36. The van der Waals surface area contributed by atoms with E-state index in [0.29, 0.717) is 0 Å². The molecule has 0 amide bonds. The lowest BCUT2D eigenvalue weighted by molar-refractivity contribution is 0.447. The molecular formula is C37H28O. The third-order valence-corrected chi connectivity index (χ3v) is 8.68. The molecule has 1 aliphatic heterocycles. The zero-order chi connectivity index (χ0) is 25.6. The summed E-state index contributed by atoms with van der Waals surface area (Å²) in [5.74, 6) is 1.94. The summed E-state index contributed by atoms with van der Waals surface area (Å²) in [5, 5.41) is 4.70. The maximum Gasteiger partial charge on any atom is 0.140 e. The Morgan fingerprint density at radius 3 is 1.68 bits per heavy atom. The Labute approximate surface area is 223 Å². The van der Waals surface area contributed by atoms with Crippen LogP contribution in [-0.2, 0) is 10.8 Å². The van der Waals surface area contributed by atoms with Gasteiger partial charge in [-0.15, -0.1) is 0 Å². The molecule has 0 fully saturated rings. The minimum atomic E-state index is -0.468. The second-order valence-corrected chi connectivity index (χ2v) is 11.7. The molecule has 38 heavy (non-hydrogen) atoms. The van der Waals surface area contributed by atoms with E-state index >= 15 is 0 Å². The highest BCUT2D eigenvalue weighted by atomic mass is 16.5. The van der Waals surface area contributed by atoms with Gasteiger partial charge in [-0.2, -0.15) is 0 Å². The molecule has 2 aliphatic rings. The van der Waals surface area contributed by atoms with E-state index in [1.165, 1.54) is 49.7 Å². The number of hydrogen-bond donors (Lipinski definition) is 0. The van der Waals surface area contributed by atoms with Crippen molar-refractivity contribution in [3.63, 3.8) is 0 Å². The molecule has 1 heterocycles. The van der Waals surface area contributed by atoms with Crippen LogP contribution in [0.1, 0.15) is 48.6 Å². The summed E-state index contributed by atoms with van der Waals surface area (Å²) < 4.78 is 7.02. The van der Waals surface area contributed by atoms with Crippen LogP contribution >= 0.6 is 0 Å². The Balaban J connectivity index is 1.61. The fourth-order valence-corrected chi connectivity index (χ4v) is 6.87. The molecular weight excluding hydrogens is 460 g/mol. The van der Waals surface area contributed by atoms with Crippen LogP contribution in [0.2, 0.25) is 0 Å². The third-order valence-electron chi connectivity index (χ3n) is 8.68. The van der Waals surface area contributed by atoms with Gasteiger partial charge in [-0.3, -0.25) is 0 Å². The highest BCUT2D eigenvalue weighted by molar-refractivity contribution is 5.99. The van der Waals surface area contributed by atoms with E-state index in [4.69, 9.17) is 4.74 Å². The molecule has 1 spiro atoms. The van der Waals surface area contributed by atoms with Crippen molar-refractivity contribution < 1.29 is 4.74 Å². The van der Waals surface area contributed by atoms with Crippen LogP contribution < -0.4 is 4.74 Å². The van der Waals surface area contributed by atoms with Gasteiger partial charge in [0.2, 0.25) is 0 Å². The summed E-state index contributed by atoms with van der Waals surface area (Å²) >= 11 is 0. The summed E-state index contributed by atoms with van der Waals surface area (Å²) in [4.78, 5) is 0. The summed E-state index contributed by atoms with van der Waals surface area (Å²) in [6.45, 7) is 6.91. The van der Waals surface area contributed by atoms with Crippen molar-refractivity contribution in [2.75, 3.05) is 0 Å². The highest BCUT2D eigenvalue weighted by Gasteiger charge is 2.52. The van der Waals surface area contributed by atoms with Crippen LogP contribution in [0.4, 0.5) is 0 Å². The van der Waals surface area contributed by atoms with Crippen molar-refractivity contribution in [2.45, 2.75) is 31.6 Å². The minimum Gasteiger partial charge on any atom is -0.455 e. The van der Waals surface area contributed by atoms with E-state index in [1.54, 1.807) is 0 Å². The maximum absolute atomic E-state index is 7.02. The van der Waals surface area contributed by atoms with E-state index in [2.05, 4.69) is 136 Å². The first kappa shape index (κ1) is 21.7. The Bertz CT molecular complexity index is 1850. The maximum atomic E-state index is 7.02. The number of ether oxygens (including phenoxy) is 1. The van der Waals surface area contributed by atoms with E-state index in [9.17, 15) is 0 Å². The zero-order valence-corrected chi connectivity index (χ0v) is 21.9. The molecule has 1 nitrogen and oxygen atoms in total. The molecule has 0 N–H and O–H groups in total. The van der Waals surface area contributed by atoms with Gasteiger partial charge in [0.1, 0.15) is 11.5 Å². The van der Waals surface area contributed by atoms with E-state index in [1.807, 2.05) is 0 Å². The number of hydrogen-bond acceptors (Lipinski definition) is 1. The Morgan fingerprint density at radius 1 is 0.500 bits per heavy atom. The first-order valence-corrected chi connectivity index (χ1v) is 13.4. The lowest BCUT2D eigenvalue weighted by Gasteiger charge is -2.40. The molecule has 1 heteroatoms. The smallest absolute Gasteiger partial charge is 0.140 e. The summed E-state index contributed by atoms with van der Waals surface area (Å²) in [6.07, 6.45) is 0. The first-order chi connectivity index (χ1) is 18.5. The summed E-state index contributed by atoms with van der Waals surface area (Å²) in [7, 11) is 0. The van der Waals surface area contributed by atoms with E-state index in [-0.39, 0.29) is 5.41 Å². The zero-order valence-electron chi connectivity index (χ0n) is 21.9. The van der Waals surface area contributed by atoms with E-state index in [0.717, 1.165) is 22.3 Å². The van der Waals surface area contributed by atoms with Gasteiger partial charge in [0.05, 0.1) is 5.41 Å². The Hall–Kier alpha value is -4.36. The minimum absolute atomic E-state index is 0.0363. The predicted octanol–water partition coefficient (Wildman–Crippen LogP) is 9.76. The average Bonchev–Trinajstić information content (AvgIpc) is 3.23. The molecule has 182 valence electrons. The average molecular weight is 489 g/mol. The van der Waals surface area contributed by atoms with Crippen LogP contribution in [-0.4, -0.2) is 0 Å². The second-order valence-electron chi connectivity index (χ2n) is 11.7. The van der Waals surface area contributed by atoms with Gasteiger partial charge >= 0.3 is 0 Å². The van der Waals surface area contributed by atoms with Gasteiger partial charge in [-0.1, -0.05) is 136 Å². The molecule has 0 aromatic heterocycles. The van der Waals surface area contributed by atoms with Crippen molar-refractivity contribution in [3.8, 4) is 22.6 Å². The molecule has 0 saturated heterocycles. The van der Waals surface area contributed by atoms with Crippen molar-refractivity contribution >= 4 is 21.5 Å². The van der Waals surface area contributed by atoms with Crippen LogP contribution in [0.5, 0.6) is 11.5 Å². The molecule has 0 saturated carbocycles. The fraction of sp³-hybridized carbons (Fsp3) is 0.135. The fourth-order valence-electron chi connectivity index (χ4n) is 6.87. The molecule has 0 radical (unpaired) electrons. The highest BCUT2D eigenvalue weighted by Crippen LogP contribution is 2.64. The lowest BCUT2D eigenvalue weighted by atomic mass is 9.65. The lowest BCUT2D eigenvalue weighted by Crippen LogP contribution is -2.32. The van der Waals surface area contributed by atoms with Crippen LogP contribution in [0.3, 0.4) is 0 Å². The van der Waals surface area contributed by atoms with E-state index < -0.39 is 5.41 Å². The number of benzene rings is 6. The number of rotatable bonds is 0. The summed E-state index contributed by atoms with van der Waals surface area (Å²) in [6, 6.07) is 42.5. The molecule has 1 aliphatic carbocycles. The topological polar surface area (TPSA) is 9.23 Å². The normalized spacial score (nSPS) is 14.6. The monoisotopic (exact) mass is 488 g/mol. The molecule has 8 rings (SSSR count). The molecule has 0 bridgehead atoms.